The van der Waals surface area contributed by atoms with E-state index in [0.29, 0.717) is 6.54 Å². The highest BCUT2D eigenvalue weighted by Gasteiger charge is 1.90. The molecule has 4 nitrogen and oxygen atoms in total. The number of hydrogen-bond acceptors (Lipinski definition) is 4. The first kappa shape index (κ1) is 10.2. The lowest BCUT2D eigenvalue weighted by molar-refractivity contribution is -0.134. The van der Waals surface area contributed by atoms with E-state index in [1.54, 1.807) is 18.6 Å². The normalized spacial score (nSPS) is 10.1. The second kappa shape index (κ2) is 5.75. The van der Waals surface area contributed by atoms with E-state index in [2.05, 4.69) is 15.0 Å². The van der Waals surface area contributed by atoms with Crippen LogP contribution in [0.1, 0.15) is 5.56 Å². The average Bonchev–Trinajstić information content (AvgIpc) is 2.25. The van der Waals surface area contributed by atoms with Crippen LogP contribution in [0.25, 0.3) is 0 Å². The quantitative estimate of drug-likeness (QED) is 0.567. The van der Waals surface area contributed by atoms with Gasteiger partial charge in [0.1, 0.15) is 0 Å². The average molecular weight is 192 g/mol. The largest absolute Gasteiger partial charge is 0.466 e. The van der Waals surface area contributed by atoms with Crippen LogP contribution in [0.15, 0.2) is 36.8 Å². The molecule has 0 aliphatic rings. The molecule has 1 aromatic rings. The van der Waals surface area contributed by atoms with Crippen molar-refractivity contribution in [2.24, 2.45) is 0 Å². The Labute approximate surface area is 82.6 Å². The molecule has 0 bridgehead atoms. The van der Waals surface area contributed by atoms with E-state index >= 15 is 0 Å². The van der Waals surface area contributed by atoms with Gasteiger partial charge in [0, 0.05) is 31.2 Å². The first-order chi connectivity index (χ1) is 6.83. The third kappa shape index (κ3) is 3.71. The number of pyridine rings is 1. The summed E-state index contributed by atoms with van der Waals surface area (Å²) in [6.45, 7) is 0.640. The Morgan fingerprint density at radius 3 is 3.21 bits per heavy atom. The Morgan fingerprint density at radius 1 is 1.71 bits per heavy atom. The number of nitrogens with one attached hydrogen (secondary N) is 1. The number of rotatable bonds is 4. The van der Waals surface area contributed by atoms with Gasteiger partial charge >= 0.3 is 5.97 Å². The van der Waals surface area contributed by atoms with E-state index < -0.39 is 0 Å². The van der Waals surface area contributed by atoms with Crippen molar-refractivity contribution in [2.75, 3.05) is 7.11 Å². The molecule has 1 N–H and O–H groups in total. The molecule has 0 aliphatic carbocycles. The van der Waals surface area contributed by atoms with Crippen LogP contribution in [0.2, 0.25) is 0 Å². The van der Waals surface area contributed by atoms with Crippen LogP contribution in [0.5, 0.6) is 0 Å². The van der Waals surface area contributed by atoms with Crippen LogP contribution >= 0.6 is 0 Å². The van der Waals surface area contributed by atoms with Gasteiger partial charge < -0.3 is 10.1 Å². The lowest BCUT2D eigenvalue weighted by Gasteiger charge is -1.99. The molecule has 0 aromatic carbocycles. The SMILES string of the molecule is COC(=O)/C=C\NCc1cccnc1. The number of ether oxygens (including phenoxy) is 1. The van der Waals surface area contributed by atoms with Crippen molar-refractivity contribution in [3.8, 4) is 0 Å². The van der Waals surface area contributed by atoms with E-state index in [-0.39, 0.29) is 5.97 Å². The summed E-state index contributed by atoms with van der Waals surface area (Å²) >= 11 is 0. The molecule has 0 unspecified atom stereocenters. The first-order valence-electron chi connectivity index (χ1n) is 4.19. The topological polar surface area (TPSA) is 51.2 Å². The molecule has 74 valence electrons. The molecule has 0 fully saturated rings. The molecule has 0 spiro atoms. The number of carbonyl (C=O) groups excluding carboxylic acids is 1. The maximum atomic E-state index is 10.7. The summed E-state index contributed by atoms with van der Waals surface area (Å²) in [7, 11) is 1.34. The lowest BCUT2D eigenvalue weighted by atomic mass is 10.3. The van der Waals surface area contributed by atoms with Gasteiger partial charge in [0.25, 0.3) is 0 Å². The van der Waals surface area contributed by atoms with Gasteiger partial charge in [0.15, 0.2) is 0 Å². The monoisotopic (exact) mass is 192 g/mol. The van der Waals surface area contributed by atoms with Gasteiger partial charge in [-0.3, -0.25) is 4.98 Å². The molecule has 14 heavy (non-hydrogen) atoms. The highest BCUT2D eigenvalue weighted by atomic mass is 16.5. The van der Waals surface area contributed by atoms with Crippen molar-refractivity contribution in [1.29, 1.82) is 0 Å². The highest BCUT2D eigenvalue weighted by molar-refractivity contribution is 5.81. The summed E-state index contributed by atoms with van der Waals surface area (Å²) < 4.78 is 4.42. The van der Waals surface area contributed by atoms with E-state index in [0.717, 1.165) is 5.56 Å². The minimum atomic E-state index is -0.372. The molecule has 0 radical (unpaired) electrons. The van der Waals surface area contributed by atoms with Crippen LogP contribution in [-0.4, -0.2) is 18.1 Å². The summed E-state index contributed by atoms with van der Waals surface area (Å²) in [6, 6.07) is 3.81. The van der Waals surface area contributed by atoms with Crippen molar-refractivity contribution in [1.82, 2.24) is 10.3 Å². The molecule has 0 amide bonds. The maximum absolute atomic E-state index is 10.7. The van der Waals surface area contributed by atoms with Crippen molar-refractivity contribution < 1.29 is 9.53 Å². The molecule has 4 heteroatoms. The molecule has 1 heterocycles. The van der Waals surface area contributed by atoms with Crippen molar-refractivity contribution >= 4 is 5.97 Å². The molecule has 0 aliphatic heterocycles. The first-order valence-corrected chi connectivity index (χ1v) is 4.19. The van der Waals surface area contributed by atoms with Crippen molar-refractivity contribution in [3.63, 3.8) is 0 Å². The van der Waals surface area contributed by atoms with E-state index in [9.17, 15) is 4.79 Å². The molecular weight excluding hydrogens is 180 g/mol. The standard InChI is InChI=1S/C10H12N2O2/c1-14-10(13)4-6-12-8-9-3-2-5-11-7-9/h2-7,12H,8H2,1H3/b6-4-. The van der Waals surface area contributed by atoms with Crippen LogP contribution in [0.3, 0.4) is 0 Å². The fraction of sp³-hybridized carbons (Fsp3) is 0.200. The van der Waals surface area contributed by atoms with Gasteiger partial charge in [-0.2, -0.15) is 0 Å². The van der Waals surface area contributed by atoms with Gasteiger partial charge in [-0.1, -0.05) is 6.07 Å². The van der Waals surface area contributed by atoms with Crippen molar-refractivity contribution in [2.45, 2.75) is 6.54 Å². The number of methoxy groups -OCH3 is 1. The van der Waals surface area contributed by atoms with Crippen molar-refractivity contribution in [3.05, 3.63) is 42.4 Å². The summed E-state index contributed by atoms with van der Waals surface area (Å²) in [5, 5.41) is 2.95. The van der Waals surface area contributed by atoms with E-state index in [1.165, 1.54) is 13.2 Å². The van der Waals surface area contributed by atoms with E-state index in [4.69, 9.17) is 0 Å². The number of hydrogen-bond donors (Lipinski definition) is 1. The van der Waals surface area contributed by atoms with Crippen LogP contribution in [0, 0.1) is 0 Å². The summed E-state index contributed by atoms with van der Waals surface area (Å²) in [4.78, 5) is 14.6. The van der Waals surface area contributed by atoms with Gasteiger partial charge in [-0.15, -0.1) is 0 Å². The number of carbonyl (C=O) groups is 1. The zero-order chi connectivity index (χ0) is 10.2. The third-order valence-corrected chi connectivity index (χ3v) is 1.57. The second-order valence-corrected chi connectivity index (χ2v) is 2.60. The molecule has 0 saturated carbocycles. The fourth-order valence-electron chi connectivity index (χ4n) is 0.874. The number of aromatic nitrogens is 1. The molecule has 1 aromatic heterocycles. The zero-order valence-electron chi connectivity index (χ0n) is 7.93. The molecular formula is C10H12N2O2. The summed E-state index contributed by atoms with van der Waals surface area (Å²) in [5.41, 5.74) is 1.06. The molecule has 1 rings (SSSR count). The van der Waals surface area contributed by atoms with Crippen LogP contribution in [-0.2, 0) is 16.1 Å². The molecule has 0 saturated heterocycles. The zero-order valence-corrected chi connectivity index (χ0v) is 7.93. The minimum Gasteiger partial charge on any atom is -0.466 e. The number of nitrogens with zero attached hydrogens (tertiary/aromatic N) is 1. The third-order valence-electron chi connectivity index (χ3n) is 1.57. The summed E-state index contributed by atoms with van der Waals surface area (Å²) in [5.74, 6) is -0.372. The Bertz CT molecular complexity index is 309. The predicted octanol–water partition coefficient (Wildman–Crippen LogP) is 0.858. The predicted molar refractivity (Wildman–Crippen MR) is 52.2 cm³/mol. The van der Waals surface area contributed by atoms with E-state index in [1.807, 2.05) is 12.1 Å². The fourth-order valence-corrected chi connectivity index (χ4v) is 0.874. The Kier molecular flexibility index (Phi) is 4.20. The summed E-state index contributed by atoms with van der Waals surface area (Å²) in [6.07, 6.45) is 6.36. The van der Waals surface area contributed by atoms with Gasteiger partial charge in [-0.05, 0) is 11.6 Å². The van der Waals surface area contributed by atoms with Crippen LogP contribution in [0.4, 0.5) is 0 Å². The maximum Gasteiger partial charge on any atom is 0.331 e. The smallest absolute Gasteiger partial charge is 0.331 e. The number of esters is 1. The Hall–Kier alpha value is -1.84. The van der Waals surface area contributed by atoms with Gasteiger partial charge in [0.2, 0.25) is 0 Å². The lowest BCUT2D eigenvalue weighted by Crippen LogP contribution is -2.06. The Balaban J connectivity index is 2.29. The second-order valence-electron chi connectivity index (χ2n) is 2.60. The Morgan fingerprint density at radius 2 is 2.57 bits per heavy atom. The highest BCUT2D eigenvalue weighted by Crippen LogP contribution is 1.93. The van der Waals surface area contributed by atoms with Gasteiger partial charge in [-0.25, -0.2) is 4.79 Å². The van der Waals surface area contributed by atoms with Gasteiger partial charge in [0.05, 0.1) is 7.11 Å². The van der Waals surface area contributed by atoms with Crippen LogP contribution < -0.4 is 5.32 Å². The minimum absolute atomic E-state index is 0.372. The molecule has 0 atom stereocenters.